The molecule has 0 aliphatic carbocycles. The van der Waals surface area contributed by atoms with E-state index in [0.717, 1.165) is 29.7 Å². The van der Waals surface area contributed by atoms with Crippen LogP contribution in [0.25, 0.3) is 0 Å². The number of aromatic nitrogens is 1. The zero-order valence-electron chi connectivity index (χ0n) is 16.7. The van der Waals surface area contributed by atoms with Crippen LogP contribution in [-0.2, 0) is 22.5 Å². The number of anilines is 2. The Morgan fingerprint density at radius 1 is 1.17 bits per heavy atom. The smallest absolute Gasteiger partial charge is 0.358 e. The maximum atomic E-state index is 12.8. The quantitative estimate of drug-likeness (QED) is 0.602. The van der Waals surface area contributed by atoms with E-state index in [0.29, 0.717) is 11.7 Å². The van der Waals surface area contributed by atoms with Crippen LogP contribution in [0.4, 0.5) is 10.8 Å². The number of para-hydroxylation sites is 1. The van der Waals surface area contributed by atoms with Crippen molar-refractivity contribution < 1.29 is 14.3 Å². The standard InChI is InChI=1S/C23H23N3O3S/c1-16-11-12-18-9-5-6-10-20(18)26(16)21(27)14-29-22(28)19-15-30-23(25-19)24-13-17-7-3-2-4-8-17/h2-10,15-16H,11-14H2,1H3,(H,24,25). The number of esters is 1. The number of carbonyl (C=O) groups excluding carboxylic acids is 2. The molecular formula is C23H23N3O3S. The number of hydrogen-bond acceptors (Lipinski definition) is 6. The van der Waals surface area contributed by atoms with Crippen LogP contribution in [0, 0.1) is 0 Å². The average Bonchev–Trinajstić information content (AvgIpc) is 3.26. The molecule has 1 aromatic heterocycles. The van der Waals surface area contributed by atoms with E-state index in [1.54, 1.807) is 10.3 Å². The van der Waals surface area contributed by atoms with Crippen LogP contribution < -0.4 is 10.2 Å². The van der Waals surface area contributed by atoms with Gasteiger partial charge in [0.05, 0.1) is 0 Å². The van der Waals surface area contributed by atoms with E-state index >= 15 is 0 Å². The van der Waals surface area contributed by atoms with E-state index in [1.807, 2.05) is 61.5 Å². The highest BCUT2D eigenvalue weighted by atomic mass is 32.1. The maximum Gasteiger partial charge on any atom is 0.358 e. The van der Waals surface area contributed by atoms with Crippen LogP contribution in [0.15, 0.2) is 60.0 Å². The highest BCUT2D eigenvalue weighted by Crippen LogP contribution is 2.30. The second kappa shape index (κ2) is 9.09. The molecule has 1 atom stereocenters. The van der Waals surface area contributed by atoms with Gasteiger partial charge in [-0.15, -0.1) is 11.3 Å². The highest BCUT2D eigenvalue weighted by Gasteiger charge is 2.28. The molecular weight excluding hydrogens is 398 g/mol. The predicted octanol–water partition coefficient (Wildman–Crippen LogP) is 4.28. The highest BCUT2D eigenvalue weighted by molar-refractivity contribution is 7.13. The fourth-order valence-corrected chi connectivity index (χ4v) is 4.24. The summed E-state index contributed by atoms with van der Waals surface area (Å²) in [6, 6.07) is 17.9. The normalized spacial score (nSPS) is 15.4. The molecule has 1 unspecified atom stereocenters. The van der Waals surface area contributed by atoms with Gasteiger partial charge in [0.1, 0.15) is 0 Å². The summed E-state index contributed by atoms with van der Waals surface area (Å²) in [7, 11) is 0. The van der Waals surface area contributed by atoms with Gasteiger partial charge in [-0.2, -0.15) is 0 Å². The van der Waals surface area contributed by atoms with Crippen molar-refractivity contribution in [2.24, 2.45) is 0 Å². The molecule has 2 heterocycles. The van der Waals surface area contributed by atoms with Crippen molar-refractivity contribution in [2.75, 3.05) is 16.8 Å². The van der Waals surface area contributed by atoms with E-state index in [4.69, 9.17) is 4.74 Å². The molecule has 2 aromatic carbocycles. The monoisotopic (exact) mass is 421 g/mol. The number of thiazole rings is 1. The lowest BCUT2D eigenvalue weighted by Crippen LogP contribution is -2.44. The molecule has 0 saturated carbocycles. The molecule has 0 spiro atoms. The third-order valence-electron chi connectivity index (χ3n) is 5.12. The first-order valence-electron chi connectivity index (χ1n) is 9.92. The Morgan fingerprint density at radius 3 is 2.77 bits per heavy atom. The Labute approximate surface area is 179 Å². The first kappa shape index (κ1) is 20.1. The number of benzene rings is 2. The number of rotatable bonds is 6. The molecule has 0 fully saturated rings. The molecule has 1 aliphatic heterocycles. The van der Waals surface area contributed by atoms with Gasteiger partial charge in [0.2, 0.25) is 0 Å². The van der Waals surface area contributed by atoms with Crippen LogP contribution in [0.3, 0.4) is 0 Å². The molecule has 3 aromatic rings. The molecule has 0 saturated heterocycles. The van der Waals surface area contributed by atoms with Gasteiger partial charge in [0, 0.05) is 23.7 Å². The van der Waals surface area contributed by atoms with E-state index in [2.05, 4.69) is 10.3 Å². The van der Waals surface area contributed by atoms with Crippen LogP contribution in [0.2, 0.25) is 0 Å². The molecule has 30 heavy (non-hydrogen) atoms. The summed E-state index contributed by atoms with van der Waals surface area (Å²) >= 11 is 1.33. The number of amides is 1. The van der Waals surface area contributed by atoms with Gasteiger partial charge in [-0.3, -0.25) is 4.79 Å². The third-order valence-corrected chi connectivity index (χ3v) is 5.92. The van der Waals surface area contributed by atoms with Crippen LogP contribution in [0.1, 0.15) is 35.0 Å². The van der Waals surface area contributed by atoms with Crippen LogP contribution in [-0.4, -0.2) is 29.5 Å². The molecule has 1 amide bonds. The SMILES string of the molecule is CC1CCc2ccccc2N1C(=O)COC(=O)c1csc(NCc2ccccc2)n1. The van der Waals surface area contributed by atoms with Crippen molar-refractivity contribution >= 4 is 34.0 Å². The number of fused-ring (bicyclic) bond motifs is 1. The van der Waals surface area contributed by atoms with E-state index in [9.17, 15) is 9.59 Å². The molecule has 6 nitrogen and oxygen atoms in total. The molecule has 1 aliphatic rings. The summed E-state index contributed by atoms with van der Waals surface area (Å²) < 4.78 is 5.27. The number of hydrogen-bond donors (Lipinski definition) is 1. The largest absolute Gasteiger partial charge is 0.451 e. The van der Waals surface area contributed by atoms with Gasteiger partial charge in [0.15, 0.2) is 17.4 Å². The molecule has 154 valence electrons. The lowest BCUT2D eigenvalue weighted by atomic mass is 9.96. The Bertz CT molecular complexity index is 1030. The Kier molecular flexibility index (Phi) is 6.09. The molecule has 7 heteroatoms. The summed E-state index contributed by atoms with van der Waals surface area (Å²) in [4.78, 5) is 31.2. The van der Waals surface area contributed by atoms with Gasteiger partial charge >= 0.3 is 5.97 Å². The summed E-state index contributed by atoms with van der Waals surface area (Å²) in [5, 5.41) is 5.47. The minimum absolute atomic E-state index is 0.0687. The van der Waals surface area contributed by atoms with E-state index < -0.39 is 5.97 Å². The lowest BCUT2D eigenvalue weighted by Gasteiger charge is -2.35. The summed E-state index contributed by atoms with van der Waals surface area (Å²) in [5.74, 6) is -0.814. The van der Waals surface area contributed by atoms with Gasteiger partial charge in [-0.25, -0.2) is 9.78 Å². The van der Waals surface area contributed by atoms with Gasteiger partial charge in [0.25, 0.3) is 5.91 Å². The van der Waals surface area contributed by atoms with Crippen molar-refractivity contribution in [3.05, 3.63) is 76.8 Å². The second-order valence-corrected chi connectivity index (χ2v) is 8.09. The Balaban J connectivity index is 1.34. The van der Waals surface area contributed by atoms with Crippen LogP contribution >= 0.6 is 11.3 Å². The third kappa shape index (κ3) is 4.52. The molecule has 1 N–H and O–H groups in total. The number of nitrogens with zero attached hydrogens (tertiary/aromatic N) is 2. The number of nitrogens with one attached hydrogen (secondary N) is 1. The summed E-state index contributed by atoms with van der Waals surface area (Å²) in [6.45, 7) is 2.33. The topological polar surface area (TPSA) is 71.5 Å². The van der Waals surface area contributed by atoms with Crippen molar-refractivity contribution in [2.45, 2.75) is 32.4 Å². The Morgan fingerprint density at radius 2 is 1.93 bits per heavy atom. The zero-order valence-corrected chi connectivity index (χ0v) is 17.5. The minimum atomic E-state index is -0.592. The molecule has 4 rings (SSSR count). The minimum Gasteiger partial charge on any atom is -0.451 e. The fourth-order valence-electron chi connectivity index (χ4n) is 3.56. The lowest BCUT2D eigenvalue weighted by molar-refractivity contribution is -0.122. The van der Waals surface area contributed by atoms with Crippen molar-refractivity contribution in [1.82, 2.24) is 4.98 Å². The second-order valence-electron chi connectivity index (χ2n) is 7.23. The number of ether oxygens (including phenoxy) is 1. The van der Waals surface area contributed by atoms with Crippen molar-refractivity contribution in [3.63, 3.8) is 0 Å². The van der Waals surface area contributed by atoms with Crippen molar-refractivity contribution in [3.8, 4) is 0 Å². The molecule has 0 radical (unpaired) electrons. The van der Waals surface area contributed by atoms with E-state index in [-0.39, 0.29) is 24.2 Å². The van der Waals surface area contributed by atoms with E-state index in [1.165, 1.54) is 11.3 Å². The Hall–Kier alpha value is -3.19. The molecule has 0 bridgehead atoms. The maximum absolute atomic E-state index is 12.8. The predicted molar refractivity (Wildman–Crippen MR) is 118 cm³/mol. The first-order chi connectivity index (χ1) is 14.6. The van der Waals surface area contributed by atoms with Gasteiger partial charge < -0.3 is 15.0 Å². The number of aryl methyl sites for hydroxylation is 1. The average molecular weight is 422 g/mol. The summed E-state index contributed by atoms with van der Waals surface area (Å²) in [6.07, 6.45) is 1.83. The zero-order chi connectivity index (χ0) is 20.9. The van der Waals surface area contributed by atoms with Crippen molar-refractivity contribution in [1.29, 1.82) is 0 Å². The summed E-state index contributed by atoms with van der Waals surface area (Å²) in [5.41, 5.74) is 3.37. The number of carbonyl (C=O) groups is 2. The van der Waals surface area contributed by atoms with Gasteiger partial charge in [-0.1, -0.05) is 48.5 Å². The van der Waals surface area contributed by atoms with Crippen LogP contribution in [0.5, 0.6) is 0 Å². The first-order valence-corrected chi connectivity index (χ1v) is 10.8. The fraction of sp³-hybridized carbons (Fsp3) is 0.261. The van der Waals surface area contributed by atoms with Gasteiger partial charge in [-0.05, 0) is 37.0 Å².